The molecule has 4 rings (SSSR count). The highest BCUT2D eigenvalue weighted by molar-refractivity contribution is 5.80. The molecule has 5 nitrogen and oxygen atoms in total. The van der Waals surface area contributed by atoms with E-state index in [1.165, 1.54) is 37.8 Å². The van der Waals surface area contributed by atoms with E-state index in [2.05, 4.69) is 38.6 Å². The summed E-state index contributed by atoms with van der Waals surface area (Å²) >= 11 is 0. The minimum absolute atomic E-state index is 0.606. The standard InChI is InChI=1S/C20H27N5/c1-21-19(24-13-11-20(16-24)9-5-10-20)22-12-8-17-14-23-25(15-17)18-6-3-2-4-7-18/h2-4,6-7,14-15H,5,8-13,16H2,1H3,(H,21,22). The molecule has 1 spiro atoms. The molecule has 5 heteroatoms. The summed E-state index contributed by atoms with van der Waals surface area (Å²) in [5.41, 5.74) is 2.94. The summed E-state index contributed by atoms with van der Waals surface area (Å²) in [4.78, 5) is 6.93. The van der Waals surface area contributed by atoms with Crippen molar-refractivity contribution in [1.82, 2.24) is 20.0 Å². The van der Waals surface area contributed by atoms with Crippen LogP contribution in [0.5, 0.6) is 0 Å². The fraction of sp³-hybridized carbons (Fsp3) is 0.500. The van der Waals surface area contributed by atoms with E-state index >= 15 is 0 Å². The second-order valence-corrected chi connectivity index (χ2v) is 7.38. The molecule has 1 aromatic heterocycles. The SMILES string of the molecule is CN=C(NCCc1cnn(-c2ccccc2)c1)N1CCC2(CCC2)C1. The van der Waals surface area contributed by atoms with Gasteiger partial charge in [0.25, 0.3) is 0 Å². The van der Waals surface area contributed by atoms with Crippen molar-refractivity contribution in [2.24, 2.45) is 10.4 Å². The monoisotopic (exact) mass is 337 g/mol. The number of nitrogens with zero attached hydrogens (tertiary/aromatic N) is 4. The van der Waals surface area contributed by atoms with E-state index in [1.54, 1.807) is 0 Å². The second kappa shape index (κ2) is 6.90. The van der Waals surface area contributed by atoms with Gasteiger partial charge in [0.15, 0.2) is 5.96 Å². The predicted octanol–water partition coefficient (Wildman–Crippen LogP) is 2.87. The van der Waals surface area contributed by atoms with E-state index in [1.807, 2.05) is 36.1 Å². The molecule has 2 aliphatic rings. The zero-order valence-corrected chi connectivity index (χ0v) is 15.0. The summed E-state index contributed by atoms with van der Waals surface area (Å²) in [5, 5.41) is 8.00. The van der Waals surface area contributed by atoms with Gasteiger partial charge in [-0.05, 0) is 48.8 Å². The third kappa shape index (κ3) is 3.41. The lowest BCUT2D eigenvalue weighted by atomic mass is 9.68. The molecule has 132 valence electrons. The third-order valence-corrected chi connectivity index (χ3v) is 5.72. The maximum absolute atomic E-state index is 4.49. The molecular formula is C20H27N5. The molecule has 1 saturated carbocycles. The van der Waals surface area contributed by atoms with E-state index in [-0.39, 0.29) is 0 Å². The maximum atomic E-state index is 4.49. The first-order valence-electron chi connectivity index (χ1n) is 9.33. The fourth-order valence-corrected chi connectivity index (χ4v) is 4.06. The van der Waals surface area contributed by atoms with Crippen LogP contribution in [-0.4, -0.2) is 47.3 Å². The van der Waals surface area contributed by atoms with E-state index in [0.29, 0.717) is 5.41 Å². The van der Waals surface area contributed by atoms with Crippen molar-refractivity contribution in [2.45, 2.75) is 32.1 Å². The number of para-hydroxylation sites is 1. The largest absolute Gasteiger partial charge is 0.356 e. The molecule has 1 aromatic carbocycles. The lowest BCUT2D eigenvalue weighted by Gasteiger charge is -2.38. The molecule has 1 aliphatic heterocycles. The van der Waals surface area contributed by atoms with Crippen LogP contribution >= 0.6 is 0 Å². The first-order valence-corrected chi connectivity index (χ1v) is 9.33. The van der Waals surface area contributed by atoms with Gasteiger partial charge in [-0.25, -0.2) is 4.68 Å². The number of benzene rings is 1. The Kier molecular flexibility index (Phi) is 4.47. The van der Waals surface area contributed by atoms with Gasteiger partial charge < -0.3 is 10.2 Å². The Balaban J connectivity index is 1.29. The number of aliphatic imine (C=N–C) groups is 1. The number of rotatable bonds is 4. The van der Waals surface area contributed by atoms with Gasteiger partial charge in [-0.15, -0.1) is 0 Å². The van der Waals surface area contributed by atoms with Crippen LogP contribution in [-0.2, 0) is 6.42 Å². The van der Waals surface area contributed by atoms with E-state index < -0.39 is 0 Å². The van der Waals surface area contributed by atoms with Gasteiger partial charge >= 0.3 is 0 Å². The van der Waals surface area contributed by atoms with E-state index in [4.69, 9.17) is 0 Å². The Bertz CT molecular complexity index is 730. The molecule has 2 aromatic rings. The summed E-state index contributed by atoms with van der Waals surface area (Å²) in [6.07, 6.45) is 10.6. The molecule has 2 heterocycles. The Morgan fingerprint density at radius 2 is 2.08 bits per heavy atom. The number of hydrogen-bond acceptors (Lipinski definition) is 2. The number of guanidine groups is 1. The van der Waals surface area contributed by atoms with Gasteiger partial charge in [0.1, 0.15) is 0 Å². The molecule has 0 atom stereocenters. The van der Waals surface area contributed by atoms with Crippen molar-refractivity contribution in [3.8, 4) is 5.69 Å². The molecule has 25 heavy (non-hydrogen) atoms. The molecule has 1 aliphatic carbocycles. The summed E-state index contributed by atoms with van der Waals surface area (Å²) in [5.74, 6) is 1.05. The lowest BCUT2D eigenvalue weighted by molar-refractivity contribution is 0.151. The second-order valence-electron chi connectivity index (χ2n) is 7.38. The minimum Gasteiger partial charge on any atom is -0.356 e. The Labute approximate surface area is 149 Å². The Morgan fingerprint density at radius 3 is 2.76 bits per heavy atom. The van der Waals surface area contributed by atoms with Crippen LogP contribution in [0, 0.1) is 5.41 Å². The summed E-state index contributed by atoms with van der Waals surface area (Å²) in [6, 6.07) is 10.2. The highest BCUT2D eigenvalue weighted by Gasteiger charge is 2.43. The zero-order chi connectivity index (χ0) is 17.1. The number of aromatic nitrogens is 2. The van der Waals surface area contributed by atoms with Crippen LogP contribution in [0.3, 0.4) is 0 Å². The van der Waals surface area contributed by atoms with Crippen LogP contribution in [0.4, 0.5) is 0 Å². The lowest BCUT2D eigenvalue weighted by Crippen LogP contribution is -2.43. The fourth-order valence-electron chi connectivity index (χ4n) is 4.06. The third-order valence-electron chi connectivity index (χ3n) is 5.72. The Morgan fingerprint density at radius 1 is 1.24 bits per heavy atom. The number of hydrogen-bond donors (Lipinski definition) is 1. The van der Waals surface area contributed by atoms with Crippen LogP contribution in [0.15, 0.2) is 47.7 Å². The van der Waals surface area contributed by atoms with Gasteiger partial charge in [0.2, 0.25) is 0 Å². The average Bonchev–Trinajstić information content (AvgIpc) is 3.27. The zero-order valence-electron chi connectivity index (χ0n) is 15.0. The predicted molar refractivity (Wildman–Crippen MR) is 101 cm³/mol. The number of likely N-dealkylation sites (tertiary alicyclic amines) is 1. The van der Waals surface area contributed by atoms with Crippen LogP contribution < -0.4 is 5.32 Å². The topological polar surface area (TPSA) is 45.5 Å². The normalized spacial score (nSPS) is 19.2. The molecule has 2 fully saturated rings. The highest BCUT2D eigenvalue weighted by Crippen LogP contribution is 2.47. The molecule has 0 unspecified atom stereocenters. The molecule has 1 N–H and O–H groups in total. The summed E-state index contributed by atoms with van der Waals surface area (Å²) in [7, 11) is 1.89. The van der Waals surface area contributed by atoms with Gasteiger partial charge in [-0.3, -0.25) is 4.99 Å². The van der Waals surface area contributed by atoms with Gasteiger partial charge in [-0.1, -0.05) is 24.6 Å². The van der Waals surface area contributed by atoms with Gasteiger partial charge in [0.05, 0.1) is 11.9 Å². The van der Waals surface area contributed by atoms with Crippen molar-refractivity contribution in [2.75, 3.05) is 26.7 Å². The first-order chi connectivity index (χ1) is 12.3. The van der Waals surface area contributed by atoms with Crippen molar-refractivity contribution in [1.29, 1.82) is 0 Å². The van der Waals surface area contributed by atoms with Gasteiger partial charge in [0, 0.05) is 32.9 Å². The average molecular weight is 337 g/mol. The number of nitrogens with one attached hydrogen (secondary N) is 1. The summed E-state index contributed by atoms with van der Waals surface area (Å²) in [6.45, 7) is 3.21. The quantitative estimate of drug-likeness (QED) is 0.689. The smallest absolute Gasteiger partial charge is 0.193 e. The molecule has 0 bridgehead atoms. The van der Waals surface area contributed by atoms with Crippen molar-refractivity contribution in [3.63, 3.8) is 0 Å². The molecular weight excluding hydrogens is 310 g/mol. The van der Waals surface area contributed by atoms with Crippen LogP contribution in [0.1, 0.15) is 31.2 Å². The van der Waals surface area contributed by atoms with Crippen molar-refractivity contribution in [3.05, 3.63) is 48.3 Å². The van der Waals surface area contributed by atoms with E-state index in [9.17, 15) is 0 Å². The maximum Gasteiger partial charge on any atom is 0.193 e. The van der Waals surface area contributed by atoms with Crippen LogP contribution in [0.2, 0.25) is 0 Å². The molecule has 0 radical (unpaired) electrons. The minimum atomic E-state index is 0.606. The van der Waals surface area contributed by atoms with Crippen molar-refractivity contribution < 1.29 is 0 Å². The summed E-state index contributed by atoms with van der Waals surface area (Å²) < 4.78 is 1.94. The highest BCUT2D eigenvalue weighted by atomic mass is 15.3. The Hall–Kier alpha value is -2.30. The molecule has 1 saturated heterocycles. The molecule has 0 amide bonds. The van der Waals surface area contributed by atoms with Crippen LogP contribution in [0.25, 0.3) is 5.69 Å². The van der Waals surface area contributed by atoms with Crippen molar-refractivity contribution >= 4 is 5.96 Å². The van der Waals surface area contributed by atoms with E-state index in [0.717, 1.165) is 31.2 Å². The van der Waals surface area contributed by atoms with Gasteiger partial charge in [-0.2, -0.15) is 5.10 Å². The first kappa shape index (κ1) is 16.2.